The van der Waals surface area contributed by atoms with Crippen molar-refractivity contribution in [2.75, 3.05) is 13.7 Å². The molecule has 5 nitrogen and oxygen atoms in total. The summed E-state index contributed by atoms with van der Waals surface area (Å²) in [5.74, 6) is -0.209. The molecule has 0 aliphatic rings. The summed E-state index contributed by atoms with van der Waals surface area (Å²) in [6.07, 6.45) is 0.860. The van der Waals surface area contributed by atoms with Crippen LogP contribution in [0.1, 0.15) is 25.3 Å². The van der Waals surface area contributed by atoms with Crippen LogP contribution < -0.4 is 10.1 Å². The predicted molar refractivity (Wildman–Crippen MR) is 69.2 cm³/mol. The van der Waals surface area contributed by atoms with E-state index in [1.807, 2.05) is 0 Å². The standard InChI is InChI=1S/C13H17FN2O3/c1-9(16-18)11-6-5-10(14)8-12(11)19-7-3-4-13(17)15-2/h5-6,8,18H,3-4,7H2,1-2H3,(H,15,17). The largest absolute Gasteiger partial charge is 0.493 e. The van der Waals surface area contributed by atoms with Crippen LogP contribution in [0.15, 0.2) is 23.4 Å². The third-order valence-electron chi connectivity index (χ3n) is 2.57. The van der Waals surface area contributed by atoms with Crippen molar-refractivity contribution >= 4 is 11.6 Å². The van der Waals surface area contributed by atoms with E-state index in [4.69, 9.17) is 9.94 Å². The summed E-state index contributed by atoms with van der Waals surface area (Å²) in [6, 6.07) is 3.98. The number of rotatable bonds is 6. The smallest absolute Gasteiger partial charge is 0.219 e. The summed E-state index contributed by atoms with van der Waals surface area (Å²) in [6.45, 7) is 1.87. The summed E-state index contributed by atoms with van der Waals surface area (Å²) in [5.41, 5.74) is 0.852. The zero-order valence-electron chi connectivity index (χ0n) is 10.9. The number of carbonyl (C=O) groups is 1. The first-order valence-electron chi connectivity index (χ1n) is 5.90. The zero-order valence-corrected chi connectivity index (χ0v) is 10.9. The van der Waals surface area contributed by atoms with Gasteiger partial charge < -0.3 is 15.3 Å². The van der Waals surface area contributed by atoms with Crippen LogP contribution >= 0.6 is 0 Å². The highest BCUT2D eigenvalue weighted by molar-refractivity contribution is 6.00. The highest BCUT2D eigenvalue weighted by atomic mass is 19.1. The van der Waals surface area contributed by atoms with Gasteiger partial charge in [0.1, 0.15) is 11.6 Å². The van der Waals surface area contributed by atoms with Gasteiger partial charge in [0.05, 0.1) is 12.3 Å². The van der Waals surface area contributed by atoms with Crippen molar-refractivity contribution in [2.45, 2.75) is 19.8 Å². The van der Waals surface area contributed by atoms with Gasteiger partial charge in [-0.25, -0.2) is 4.39 Å². The molecular weight excluding hydrogens is 251 g/mol. The van der Waals surface area contributed by atoms with Gasteiger partial charge in [0.15, 0.2) is 0 Å². The van der Waals surface area contributed by atoms with E-state index in [2.05, 4.69) is 10.5 Å². The second kappa shape index (κ2) is 7.35. The van der Waals surface area contributed by atoms with E-state index < -0.39 is 5.82 Å². The molecule has 1 aromatic carbocycles. The van der Waals surface area contributed by atoms with E-state index in [1.165, 1.54) is 18.2 Å². The maximum Gasteiger partial charge on any atom is 0.219 e. The molecule has 0 bridgehead atoms. The van der Waals surface area contributed by atoms with Gasteiger partial charge in [-0.1, -0.05) is 5.16 Å². The minimum atomic E-state index is -0.434. The molecule has 0 saturated carbocycles. The Kier molecular flexibility index (Phi) is 5.78. The molecule has 1 rings (SSSR count). The Morgan fingerprint density at radius 1 is 1.53 bits per heavy atom. The van der Waals surface area contributed by atoms with Crippen molar-refractivity contribution in [3.8, 4) is 5.75 Å². The lowest BCUT2D eigenvalue weighted by atomic mass is 10.1. The molecule has 0 aliphatic carbocycles. The molecule has 6 heteroatoms. The van der Waals surface area contributed by atoms with Crippen LogP contribution in [0.3, 0.4) is 0 Å². The van der Waals surface area contributed by atoms with Gasteiger partial charge in [-0.2, -0.15) is 0 Å². The number of ether oxygens (including phenoxy) is 1. The van der Waals surface area contributed by atoms with Crippen molar-refractivity contribution in [3.63, 3.8) is 0 Å². The van der Waals surface area contributed by atoms with Crippen molar-refractivity contribution in [3.05, 3.63) is 29.6 Å². The van der Waals surface area contributed by atoms with E-state index in [1.54, 1.807) is 14.0 Å². The van der Waals surface area contributed by atoms with E-state index >= 15 is 0 Å². The minimum absolute atomic E-state index is 0.0730. The number of oxime groups is 1. The van der Waals surface area contributed by atoms with Gasteiger partial charge in [-0.05, 0) is 25.5 Å². The quantitative estimate of drug-likeness (QED) is 0.358. The van der Waals surface area contributed by atoms with Crippen LogP contribution in [0.4, 0.5) is 4.39 Å². The van der Waals surface area contributed by atoms with E-state index in [0.717, 1.165) is 0 Å². The van der Waals surface area contributed by atoms with Crippen molar-refractivity contribution in [1.29, 1.82) is 0 Å². The summed E-state index contributed by atoms with van der Waals surface area (Å²) in [4.78, 5) is 11.0. The van der Waals surface area contributed by atoms with Crippen LogP contribution in [0.25, 0.3) is 0 Å². The van der Waals surface area contributed by atoms with Gasteiger partial charge in [-0.15, -0.1) is 0 Å². The highest BCUT2D eigenvalue weighted by Crippen LogP contribution is 2.21. The Morgan fingerprint density at radius 3 is 2.89 bits per heavy atom. The van der Waals surface area contributed by atoms with Gasteiger partial charge >= 0.3 is 0 Å². The number of halogens is 1. The first-order chi connectivity index (χ1) is 9.08. The summed E-state index contributed by atoms with van der Waals surface area (Å²) >= 11 is 0. The molecule has 0 aromatic heterocycles. The van der Waals surface area contributed by atoms with E-state index in [-0.39, 0.29) is 12.5 Å². The Hall–Kier alpha value is -2.11. The summed E-state index contributed by atoms with van der Waals surface area (Å²) in [7, 11) is 1.56. The molecule has 19 heavy (non-hydrogen) atoms. The van der Waals surface area contributed by atoms with Crippen LogP contribution in [-0.2, 0) is 4.79 Å². The average Bonchev–Trinajstić information content (AvgIpc) is 2.42. The van der Waals surface area contributed by atoms with Gasteiger partial charge in [-0.3, -0.25) is 4.79 Å². The molecule has 1 amide bonds. The lowest BCUT2D eigenvalue weighted by Gasteiger charge is -2.10. The fourth-order valence-corrected chi connectivity index (χ4v) is 1.51. The third-order valence-corrected chi connectivity index (χ3v) is 2.57. The van der Waals surface area contributed by atoms with Crippen LogP contribution in [-0.4, -0.2) is 30.5 Å². The Balaban J connectivity index is 2.66. The molecule has 0 aliphatic heterocycles. The van der Waals surface area contributed by atoms with Crippen molar-refractivity contribution in [1.82, 2.24) is 5.32 Å². The topological polar surface area (TPSA) is 70.9 Å². The van der Waals surface area contributed by atoms with Crippen LogP contribution in [0, 0.1) is 5.82 Å². The van der Waals surface area contributed by atoms with Gasteiger partial charge in [0, 0.05) is 25.1 Å². The Morgan fingerprint density at radius 2 is 2.26 bits per heavy atom. The number of hydrogen-bond acceptors (Lipinski definition) is 4. The van der Waals surface area contributed by atoms with E-state index in [0.29, 0.717) is 29.9 Å². The normalized spacial score (nSPS) is 11.2. The maximum atomic E-state index is 13.2. The molecule has 0 radical (unpaired) electrons. The van der Waals surface area contributed by atoms with Gasteiger partial charge in [0.25, 0.3) is 0 Å². The lowest BCUT2D eigenvalue weighted by Crippen LogP contribution is -2.18. The monoisotopic (exact) mass is 268 g/mol. The minimum Gasteiger partial charge on any atom is -0.493 e. The lowest BCUT2D eigenvalue weighted by molar-refractivity contribution is -0.120. The van der Waals surface area contributed by atoms with Crippen molar-refractivity contribution in [2.24, 2.45) is 5.16 Å². The zero-order chi connectivity index (χ0) is 14.3. The molecule has 1 aromatic rings. The number of nitrogens with one attached hydrogen (secondary N) is 1. The van der Waals surface area contributed by atoms with Crippen LogP contribution in [0.5, 0.6) is 5.75 Å². The fourth-order valence-electron chi connectivity index (χ4n) is 1.51. The van der Waals surface area contributed by atoms with Gasteiger partial charge in [0.2, 0.25) is 5.91 Å². The second-order valence-electron chi connectivity index (χ2n) is 3.95. The number of nitrogens with zero attached hydrogens (tertiary/aromatic N) is 1. The maximum absolute atomic E-state index is 13.2. The molecule has 0 spiro atoms. The SMILES string of the molecule is CNC(=O)CCCOc1cc(F)ccc1C(C)=NO. The molecule has 0 unspecified atom stereocenters. The molecule has 0 saturated heterocycles. The third kappa shape index (κ3) is 4.57. The molecular formula is C13H17FN2O3. The first kappa shape index (κ1) is 14.9. The molecule has 104 valence electrons. The first-order valence-corrected chi connectivity index (χ1v) is 5.90. The van der Waals surface area contributed by atoms with Crippen LogP contribution in [0.2, 0.25) is 0 Å². The summed E-state index contributed by atoms with van der Waals surface area (Å²) in [5, 5.41) is 14.3. The number of amides is 1. The Labute approximate surface area is 111 Å². The molecule has 0 atom stereocenters. The number of carbonyl (C=O) groups excluding carboxylic acids is 1. The highest BCUT2D eigenvalue weighted by Gasteiger charge is 2.09. The molecule has 2 N–H and O–H groups in total. The predicted octanol–water partition coefficient (Wildman–Crippen LogP) is 1.93. The Bertz CT molecular complexity index is 475. The molecule has 0 heterocycles. The second-order valence-corrected chi connectivity index (χ2v) is 3.95. The number of hydrogen-bond donors (Lipinski definition) is 2. The van der Waals surface area contributed by atoms with E-state index in [9.17, 15) is 9.18 Å². The number of benzene rings is 1. The van der Waals surface area contributed by atoms with Crippen molar-refractivity contribution < 1.29 is 19.1 Å². The summed E-state index contributed by atoms with van der Waals surface area (Å²) < 4.78 is 18.6. The average molecular weight is 268 g/mol. The fraction of sp³-hybridized carbons (Fsp3) is 0.385. The molecule has 0 fully saturated rings.